The Balaban J connectivity index is 1.84. The number of rotatable bonds is 8. The molecule has 1 N–H and O–H groups in total. The lowest BCUT2D eigenvalue weighted by atomic mass is 10.2. The Hall–Kier alpha value is -4.34. The zero-order valence-electron chi connectivity index (χ0n) is 18.1. The number of benzene rings is 2. The van der Waals surface area contributed by atoms with Gasteiger partial charge >= 0.3 is 5.97 Å². The number of carbonyl (C=O) groups excluding carboxylic acids is 2. The minimum atomic E-state index is -0.786. The quantitative estimate of drug-likeness (QED) is 0.240. The van der Waals surface area contributed by atoms with Crippen LogP contribution in [-0.2, 0) is 4.74 Å². The maximum atomic E-state index is 12.7. The number of amides is 1. The molecule has 0 spiro atoms. The second-order valence-electron chi connectivity index (χ2n) is 7.18. The van der Waals surface area contributed by atoms with E-state index >= 15 is 0 Å². The Bertz CT molecular complexity index is 1250. The first-order valence-corrected chi connectivity index (χ1v) is 10.2. The number of para-hydroxylation sites is 2. The lowest BCUT2D eigenvalue weighted by molar-refractivity contribution is -0.384. The van der Waals surface area contributed by atoms with Gasteiger partial charge in [0.25, 0.3) is 11.6 Å². The van der Waals surface area contributed by atoms with Gasteiger partial charge < -0.3 is 10.1 Å². The number of aromatic nitrogens is 2. The van der Waals surface area contributed by atoms with Crippen LogP contribution in [0.1, 0.15) is 46.3 Å². The van der Waals surface area contributed by atoms with Crippen LogP contribution in [0.4, 0.5) is 11.4 Å². The standard InChI is InChI=1S/C23H22N4O6/c1-3-4-13-33-23(30)16-9-11-17(12-10-16)24-22(29)21-20(28)14-15(2)26(25-21)18-7-5-6-8-19(18)27(31)32/h5-12,14H,3-4,13H2,1-2H3,(H,24,29). The van der Waals surface area contributed by atoms with E-state index in [9.17, 15) is 24.5 Å². The Kier molecular flexibility index (Phi) is 7.29. The molecule has 3 rings (SSSR count). The van der Waals surface area contributed by atoms with E-state index in [2.05, 4.69) is 10.4 Å². The summed E-state index contributed by atoms with van der Waals surface area (Å²) in [6.07, 6.45) is 1.68. The van der Waals surface area contributed by atoms with Gasteiger partial charge in [-0.2, -0.15) is 5.10 Å². The van der Waals surface area contributed by atoms with Crippen LogP contribution < -0.4 is 10.7 Å². The van der Waals surface area contributed by atoms with Crippen LogP contribution in [0.25, 0.3) is 5.69 Å². The average molecular weight is 450 g/mol. The van der Waals surface area contributed by atoms with Crippen LogP contribution in [0.5, 0.6) is 0 Å². The Morgan fingerprint density at radius 2 is 1.85 bits per heavy atom. The highest BCUT2D eigenvalue weighted by molar-refractivity contribution is 6.03. The number of anilines is 1. The summed E-state index contributed by atoms with van der Waals surface area (Å²) in [6, 6.07) is 13.1. The molecule has 0 bridgehead atoms. The first kappa shape index (κ1) is 23.3. The molecule has 0 aliphatic rings. The number of nitro benzene ring substituents is 1. The van der Waals surface area contributed by atoms with Gasteiger partial charge in [-0.05, 0) is 43.7 Å². The highest BCUT2D eigenvalue weighted by Gasteiger charge is 2.20. The summed E-state index contributed by atoms with van der Waals surface area (Å²) >= 11 is 0. The molecule has 0 aliphatic carbocycles. The Morgan fingerprint density at radius 1 is 1.15 bits per heavy atom. The van der Waals surface area contributed by atoms with E-state index < -0.39 is 27.9 Å². The normalized spacial score (nSPS) is 10.5. The number of nitro groups is 1. The third-order valence-electron chi connectivity index (χ3n) is 4.74. The summed E-state index contributed by atoms with van der Waals surface area (Å²) in [7, 11) is 0. The van der Waals surface area contributed by atoms with Crippen molar-refractivity contribution in [1.29, 1.82) is 0 Å². The largest absolute Gasteiger partial charge is 0.462 e. The number of hydrogen-bond donors (Lipinski definition) is 1. The van der Waals surface area contributed by atoms with E-state index in [0.717, 1.165) is 12.8 Å². The summed E-state index contributed by atoms with van der Waals surface area (Å²) in [5, 5.41) is 18.0. The van der Waals surface area contributed by atoms with Crippen molar-refractivity contribution in [2.45, 2.75) is 26.7 Å². The molecule has 3 aromatic rings. The monoisotopic (exact) mass is 450 g/mol. The number of ether oxygens (including phenoxy) is 1. The van der Waals surface area contributed by atoms with Crippen molar-refractivity contribution in [1.82, 2.24) is 9.78 Å². The molecule has 1 aromatic heterocycles. The topological polar surface area (TPSA) is 133 Å². The van der Waals surface area contributed by atoms with Crippen molar-refractivity contribution in [3.8, 4) is 5.69 Å². The SMILES string of the molecule is CCCCOC(=O)c1ccc(NC(=O)c2nn(-c3ccccc3[N+](=O)[O-])c(C)cc2=O)cc1. The lowest BCUT2D eigenvalue weighted by Gasteiger charge is -2.12. The minimum Gasteiger partial charge on any atom is -0.462 e. The number of nitrogens with one attached hydrogen (secondary N) is 1. The van der Waals surface area contributed by atoms with Gasteiger partial charge in [0.15, 0.2) is 5.69 Å². The third kappa shape index (κ3) is 5.48. The number of carbonyl (C=O) groups is 2. The smallest absolute Gasteiger partial charge is 0.338 e. The number of nitrogens with zero attached hydrogens (tertiary/aromatic N) is 3. The zero-order chi connectivity index (χ0) is 24.0. The van der Waals surface area contributed by atoms with Crippen LogP contribution in [0.3, 0.4) is 0 Å². The number of hydrogen-bond acceptors (Lipinski definition) is 7. The van der Waals surface area contributed by atoms with Crippen LogP contribution in [0, 0.1) is 17.0 Å². The van der Waals surface area contributed by atoms with Crippen LogP contribution in [-0.4, -0.2) is 33.2 Å². The molecule has 10 nitrogen and oxygen atoms in total. The van der Waals surface area contributed by atoms with Gasteiger partial charge in [-0.25, -0.2) is 9.48 Å². The Labute approximate surface area is 189 Å². The molecule has 1 amide bonds. The molecule has 170 valence electrons. The van der Waals surface area contributed by atoms with E-state index in [4.69, 9.17) is 4.74 Å². The van der Waals surface area contributed by atoms with Gasteiger partial charge in [-0.3, -0.25) is 19.7 Å². The number of esters is 1. The van der Waals surface area contributed by atoms with E-state index in [1.54, 1.807) is 13.0 Å². The molecule has 0 atom stereocenters. The molecule has 0 radical (unpaired) electrons. The van der Waals surface area contributed by atoms with Crippen LogP contribution in [0.2, 0.25) is 0 Å². The highest BCUT2D eigenvalue weighted by Crippen LogP contribution is 2.22. The van der Waals surface area contributed by atoms with Crippen molar-refractivity contribution in [3.05, 3.63) is 91.9 Å². The van der Waals surface area contributed by atoms with E-state index in [-0.39, 0.29) is 11.4 Å². The fourth-order valence-electron chi connectivity index (χ4n) is 3.02. The van der Waals surface area contributed by atoms with Gasteiger partial charge in [0.1, 0.15) is 5.69 Å². The third-order valence-corrected chi connectivity index (χ3v) is 4.74. The minimum absolute atomic E-state index is 0.125. The molecule has 2 aromatic carbocycles. The Morgan fingerprint density at radius 3 is 2.52 bits per heavy atom. The maximum absolute atomic E-state index is 12.7. The van der Waals surface area contributed by atoms with Crippen molar-refractivity contribution in [2.24, 2.45) is 0 Å². The summed E-state index contributed by atoms with van der Waals surface area (Å²) < 4.78 is 6.32. The second-order valence-corrected chi connectivity index (χ2v) is 7.18. The average Bonchev–Trinajstić information content (AvgIpc) is 2.79. The molecule has 0 saturated heterocycles. The molecule has 0 aliphatic heterocycles. The summed E-state index contributed by atoms with van der Waals surface area (Å²) in [6.45, 7) is 3.88. The molecule has 1 heterocycles. The van der Waals surface area contributed by atoms with Crippen molar-refractivity contribution in [3.63, 3.8) is 0 Å². The maximum Gasteiger partial charge on any atom is 0.338 e. The van der Waals surface area contributed by atoms with Crippen LogP contribution >= 0.6 is 0 Å². The van der Waals surface area contributed by atoms with Gasteiger partial charge in [-0.1, -0.05) is 25.5 Å². The zero-order valence-corrected chi connectivity index (χ0v) is 18.1. The van der Waals surface area contributed by atoms with Gasteiger partial charge in [0.2, 0.25) is 5.43 Å². The summed E-state index contributed by atoms with van der Waals surface area (Å²) in [5.74, 6) is -1.25. The fourth-order valence-corrected chi connectivity index (χ4v) is 3.02. The van der Waals surface area contributed by atoms with Gasteiger partial charge in [-0.15, -0.1) is 0 Å². The predicted molar refractivity (Wildman–Crippen MR) is 121 cm³/mol. The molecule has 33 heavy (non-hydrogen) atoms. The fraction of sp³-hybridized carbons (Fsp3) is 0.217. The number of unbranched alkanes of at least 4 members (excludes halogenated alkanes) is 1. The molecule has 0 fully saturated rings. The summed E-state index contributed by atoms with van der Waals surface area (Å²) in [5.41, 5.74) is -0.153. The molecular weight excluding hydrogens is 428 g/mol. The lowest BCUT2D eigenvalue weighted by Crippen LogP contribution is -2.27. The van der Waals surface area contributed by atoms with Crippen molar-refractivity contribution in [2.75, 3.05) is 11.9 Å². The first-order chi connectivity index (χ1) is 15.8. The van der Waals surface area contributed by atoms with E-state index in [1.807, 2.05) is 6.92 Å². The molecule has 0 saturated carbocycles. The molecule has 0 unspecified atom stereocenters. The van der Waals surface area contributed by atoms with Crippen molar-refractivity contribution >= 4 is 23.3 Å². The number of aryl methyl sites for hydroxylation is 1. The van der Waals surface area contributed by atoms with Gasteiger partial charge in [0.05, 0.1) is 17.1 Å². The second kappa shape index (κ2) is 10.3. The first-order valence-electron chi connectivity index (χ1n) is 10.2. The molecule has 10 heteroatoms. The highest BCUT2D eigenvalue weighted by atomic mass is 16.6. The van der Waals surface area contributed by atoms with Crippen molar-refractivity contribution < 1.29 is 19.2 Å². The predicted octanol–water partition coefficient (Wildman–Crippen LogP) is 3.66. The van der Waals surface area contributed by atoms with E-state index in [1.165, 1.54) is 53.2 Å². The van der Waals surface area contributed by atoms with Gasteiger partial charge in [0, 0.05) is 23.5 Å². The van der Waals surface area contributed by atoms with Crippen LogP contribution in [0.15, 0.2) is 59.4 Å². The van der Waals surface area contributed by atoms with E-state index in [0.29, 0.717) is 23.6 Å². The summed E-state index contributed by atoms with van der Waals surface area (Å²) in [4.78, 5) is 47.9. The molecular formula is C23H22N4O6.